The van der Waals surface area contributed by atoms with E-state index in [1.54, 1.807) is 7.11 Å². The molecule has 5 nitrogen and oxygen atoms in total. The summed E-state index contributed by atoms with van der Waals surface area (Å²) in [7, 11) is 1.61. The number of carbonyl (C=O) groups is 1. The average molecular weight is 278 g/mol. The first kappa shape index (κ1) is 14.8. The van der Waals surface area contributed by atoms with Crippen molar-refractivity contribution < 1.29 is 14.3 Å². The number of rotatable bonds is 6. The minimum absolute atomic E-state index is 0.0586. The summed E-state index contributed by atoms with van der Waals surface area (Å²) in [6, 6.07) is 7.27. The van der Waals surface area contributed by atoms with E-state index in [0.29, 0.717) is 6.54 Å². The van der Waals surface area contributed by atoms with Crippen LogP contribution in [0.2, 0.25) is 0 Å². The Balaban J connectivity index is 1.72. The topological polar surface area (TPSA) is 59.6 Å². The molecule has 1 amide bonds. The largest absolute Gasteiger partial charge is 0.497 e. The Kier molecular flexibility index (Phi) is 4.98. The van der Waals surface area contributed by atoms with Crippen molar-refractivity contribution in [3.05, 3.63) is 24.3 Å². The number of benzene rings is 1. The van der Waals surface area contributed by atoms with Gasteiger partial charge in [0.1, 0.15) is 5.75 Å². The standard InChI is InChI=1S/C15H22N2O3/c1-15(8-3-9-20-15)11-16-10-14(18)17-12-4-6-13(19-2)7-5-12/h4-7,16H,3,8-11H2,1-2H3,(H,17,18). The fraction of sp³-hybridized carbons (Fsp3) is 0.533. The SMILES string of the molecule is COc1ccc(NC(=O)CNCC2(C)CCCO2)cc1. The minimum Gasteiger partial charge on any atom is -0.497 e. The molecule has 5 heteroatoms. The Morgan fingerprint density at radius 1 is 1.40 bits per heavy atom. The molecule has 0 saturated carbocycles. The van der Waals surface area contributed by atoms with E-state index < -0.39 is 0 Å². The summed E-state index contributed by atoms with van der Waals surface area (Å²) < 4.78 is 10.7. The molecule has 0 spiro atoms. The van der Waals surface area contributed by atoms with Gasteiger partial charge < -0.3 is 20.1 Å². The van der Waals surface area contributed by atoms with Crippen molar-refractivity contribution >= 4 is 11.6 Å². The van der Waals surface area contributed by atoms with Crippen molar-refractivity contribution in [2.75, 3.05) is 32.1 Å². The normalized spacial score (nSPS) is 21.7. The number of ether oxygens (including phenoxy) is 2. The van der Waals surface area contributed by atoms with E-state index in [9.17, 15) is 4.79 Å². The van der Waals surface area contributed by atoms with Crippen molar-refractivity contribution in [2.24, 2.45) is 0 Å². The van der Waals surface area contributed by atoms with Crippen LogP contribution in [0.4, 0.5) is 5.69 Å². The van der Waals surface area contributed by atoms with Gasteiger partial charge in [0.05, 0.1) is 19.3 Å². The number of methoxy groups -OCH3 is 1. The monoisotopic (exact) mass is 278 g/mol. The van der Waals surface area contributed by atoms with Crippen molar-refractivity contribution in [3.8, 4) is 5.75 Å². The van der Waals surface area contributed by atoms with Crippen LogP contribution in [-0.2, 0) is 9.53 Å². The molecule has 2 rings (SSSR count). The summed E-state index contributed by atoms with van der Waals surface area (Å²) in [6.07, 6.45) is 2.14. The first-order valence-electron chi connectivity index (χ1n) is 6.90. The summed E-state index contributed by atoms with van der Waals surface area (Å²) in [6.45, 7) is 3.87. The first-order chi connectivity index (χ1) is 9.61. The van der Waals surface area contributed by atoms with Crippen molar-refractivity contribution in [2.45, 2.75) is 25.4 Å². The fourth-order valence-electron chi connectivity index (χ4n) is 2.30. The minimum atomic E-state index is -0.125. The fourth-order valence-corrected chi connectivity index (χ4v) is 2.30. The second-order valence-electron chi connectivity index (χ2n) is 5.28. The number of anilines is 1. The van der Waals surface area contributed by atoms with Gasteiger partial charge in [0.25, 0.3) is 0 Å². The molecule has 2 N–H and O–H groups in total. The third-order valence-electron chi connectivity index (χ3n) is 3.46. The van der Waals surface area contributed by atoms with Crippen molar-refractivity contribution in [1.29, 1.82) is 0 Å². The molecule has 110 valence electrons. The zero-order valence-electron chi connectivity index (χ0n) is 12.1. The number of amides is 1. The highest BCUT2D eigenvalue weighted by Gasteiger charge is 2.29. The summed E-state index contributed by atoms with van der Waals surface area (Å²) >= 11 is 0. The zero-order valence-corrected chi connectivity index (χ0v) is 12.1. The van der Waals surface area contributed by atoms with Crippen LogP contribution >= 0.6 is 0 Å². The van der Waals surface area contributed by atoms with E-state index in [0.717, 1.165) is 30.9 Å². The lowest BCUT2D eigenvalue weighted by atomic mass is 10.0. The van der Waals surface area contributed by atoms with Crippen LogP contribution in [0.25, 0.3) is 0 Å². The second-order valence-corrected chi connectivity index (χ2v) is 5.28. The van der Waals surface area contributed by atoms with Gasteiger partial charge in [0.2, 0.25) is 5.91 Å². The van der Waals surface area contributed by atoms with Crippen LogP contribution < -0.4 is 15.4 Å². The van der Waals surface area contributed by atoms with Crippen LogP contribution in [-0.4, -0.2) is 38.3 Å². The molecule has 1 heterocycles. The predicted molar refractivity (Wildman–Crippen MR) is 78.1 cm³/mol. The quantitative estimate of drug-likeness (QED) is 0.833. The van der Waals surface area contributed by atoms with Gasteiger partial charge in [-0.1, -0.05) is 0 Å². The number of hydrogen-bond donors (Lipinski definition) is 2. The molecule has 20 heavy (non-hydrogen) atoms. The van der Waals surface area contributed by atoms with Gasteiger partial charge in [0, 0.05) is 18.8 Å². The molecule has 1 aromatic carbocycles. The summed E-state index contributed by atoms with van der Waals surface area (Å²) in [5.74, 6) is 0.712. The van der Waals surface area contributed by atoms with Crippen LogP contribution in [0.5, 0.6) is 5.75 Å². The van der Waals surface area contributed by atoms with Gasteiger partial charge >= 0.3 is 0 Å². The summed E-state index contributed by atoms with van der Waals surface area (Å²) in [4.78, 5) is 11.8. The Labute approximate surface area is 119 Å². The van der Waals surface area contributed by atoms with Gasteiger partial charge in [-0.3, -0.25) is 4.79 Å². The van der Waals surface area contributed by atoms with Crippen molar-refractivity contribution in [3.63, 3.8) is 0 Å². The van der Waals surface area contributed by atoms with E-state index in [2.05, 4.69) is 17.6 Å². The lowest BCUT2D eigenvalue weighted by Crippen LogP contribution is -2.40. The molecule has 1 saturated heterocycles. The highest BCUT2D eigenvalue weighted by molar-refractivity contribution is 5.92. The summed E-state index contributed by atoms with van der Waals surface area (Å²) in [5.41, 5.74) is 0.640. The molecule has 0 aliphatic carbocycles. The highest BCUT2D eigenvalue weighted by atomic mass is 16.5. The predicted octanol–water partition coefficient (Wildman–Crippen LogP) is 1.79. The number of hydrogen-bond acceptors (Lipinski definition) is 4. The average Bonchev–Trinajstić information content (AvgIpc) is 2.86. The Morgan fingerprint density at radius 2 is 2.15 bits per heavy atom. The van der Waals surface area contributed by atoms with E-state index in [4.69, 9.17) is 9.47 Å². The zero-order chi connectivity index (χ0) is 14.4. The lowest BCUT2D eigenvalue weighted by molar-refractivity contribution is -0.115. The van der Waals surface area contributed by atoms with Crippen LogP contribution in [0.1, 0.15) is 19.8 Å². The molecule has 1 fully saturated rings. The van der Waals surface area contributed by atoms with Crippen LogP contribution in [0.15, 0.2) is 24.3 Å². The molecule has 1 aromatic rings. The Hall–Kier alpha value is -1.59. The molecule has 0 bridgehead atoms. The van der Waals surface area contributed by atoms with Gasteiger partial charge in [0.15, 0.2) is 0 Å². The molecular formula is C15H22N2O3. The second kappa shape index (κ2) is 6.72. The van der Waals surface area contributed by atoms with E-state index >= 15 is 0 Å². The maximum Gasteiger partial charge on any atom is 0.238 e. The van der Waals surface area contributed by atoms with E-state index in [-0.39, 0.29) is 18.1 Å². The third kappa shape index (κ3) is 4.21. The van der Waals surface area contributed by atoms with Crippen LogP contribution in [0, 0.1) is 0 Å². The van der Waals surface area contributed by atoms with E-state index in [1.165, 1.54) is 0 Å². The number of carbonyl (C=O) groups excluding carboxylic acids is 1. The molecule has 0 aromatic heterocycles. The Morgan fingerprint density at radius 3 is 2.75 bits per heavy atom. The van der Waals surface area contributed by atoms with Crippen LogP contribution in [0.3, 0.4) is 0 Å². The number of nitrogens with one attached hydrogen (secondary N) is 2. The van der Waals surface area contributed by atoms with Gasteiger partial charge in [-0.25, -0.2) is 0 Å². The van der Waals surface area contributed by atoms with E-state index in [1.807, 2.05) is 24.3 Å². The maximum atomic E-state index is 11.8. The lowest BCUT2D eigenvalue weighted by Gasteiger charge is -2.23. The smallest absolute Gasteiger partial charge is 0.238 e. The molecule has 1 atom stereocenters. The van der Waals surface area contributed by atoms with Gasteiger partial charge in [-0.15, -0.1) is 0 Å². The molecule has 1 aliphatic heterocycles. The third-order valence-corrected chi connectivity index (χ3v) is 3.46. The molecule has 0 radical (unpaired) electrons. The molecular weight excluding hydrogens is 256 g/mol. The highest BCUT2D eigenvalue weighted by Crippen LogP contribution is 2.23. The van der Waals surface area contributed by atoms with Gasteiger partial charge in [-0.05, 0) is 44.0 Å². The first-order valence-corrected chi connectivity index (χ1v) is 6.90. The van der Waals surface area contributed by atoms with Crippen molar-refractivity contribution in [1.82, 2.24) is 5.32 Å². The molecule has 1 unspecified atom stereocenters. The summed E-state index contributed by atoms with van der Waals surface area (Å²) in [5, 5.41) is 5.98. The maximum absolute atomic E-state index is 11.8. The van der Waals surface area contributed by atoms with Gasteiger partial charge in [-0.2, -0.15) is 0 Å². The Bertz CT molecular complexity index is 439. The molecule has 1 aliphatic rings.